The van der Waals surface area contributed by atoms with E-state index in [2.05, 4.69) is 57.1 Å². The molecular formula is C19H32N2. The number of hydrogen-bond acceptors (Lipinski definition) is 2. The quantitative estimate of drug-likeness (QED) is 0.881. The van der Waals surface area contributed by atoms with Gasteiger partial charge in [0.2, 0.25) is 0 Å². The van der Waals surface area contributed by atoms with Crippen LogP contribution in [0.15, 0.2) is 12.1 Å². The van der Waals surface area contributed by atoms with Gasteiger partial charge in [-0.05, 0) is 94.9 Å². The maximum absolute atomic E-state index is 3.42. The lowest BCUT2D eigenvalue weighted by atomic mass is 9.81. The van der Waals surface area contributed by atoms with Crippen LogP contribution in [0.1, 0.15) is 54.5 Å². The standard InChI is InChI=1S/C19H32N2/c1-6-9-21-10-7-8-17(13-20-5)19(21)18-12-15(3)14(2)11-16(18)4/h11-12,17,19-20H,6-10,13H2,1-5H3. The molecule has 1 aliphatic rings. The summed E-state index contributed by atoms with van der Waals surface area (Å²) < 4.78 is 0. The zero-order valence-corrected chi connectivity index (χ0v) is 14.5. The Morgan fingerprint density at radius 1 is 1.14 bits per heavy atom. The smallest absolute Gasteiger partial charge is 0.0391 e. The number of piperidine rings is 1. The van der Waals surface area contributed by atoms with Crippen LogP contribution in [0, 0.1) is 26.7 Å². The van der Waals surface area contributed by atoms with Crippen LogP contribution in [0.3, 0.4) is 0 Å². The van der Waals surface area contributed by atoms with Gasteiger partial charge in [0, 0.05) is 6.04 Å². The normalized spacial score (nSPS) is 23.5. The molecule has 0 saturated carbocycles. The van der Waals surface area contributed by atoms with Gasteiger partial charge in [0.05, 0.1) is 0 Å². The number of nitrogens with one attached hydrogen (secondary N) is 1. The molecule has 0 amide bonds. The number of rotatable bonds is 5. The highest BCUT2D eigenvalue weighted by molar-refractivity contribution is 5.38. The average Bonchev–Trinajstić information content (AvgIpc) is 2.44. The van der Waals surface area contributed by atoms with Gasteiger partial charge in [0.25, 0.3) is 0 Å². The van der Waals surface area contributed by atoms with Crippen LogP contribution in [0.2, 0.25) is 0 Å². The molecule has 0 spiro atoms. The summed E-state index contributed by atoms with van der Waals surface area (Å²) in [7, 11) is 2.09. The first-order valence-electron chi connectivity index (χ1n) is 8.54. The van der Waals surface area contributed by atoms with E-state index in [-0.39, 0.29) is 0 Å². The second-order valence-electron chi connectivity index (χ2n) is 6.73. The average molecular weight is 288 g/mol. The van der Waals surface area contributed by atoms with Gasteiger partial charge in [0.1, 0.15) is 0 Å². The topological polar surface area (TPSA) is 15.3 Å². The van der Waals surface area contributed by atoms with Gasteiger partial charge in [-0.25, -0.2) is 0 Å². The Bertz CT molecular complexity index is 449. The predicted molar refractivity (Wildman–Crippen MR) is 91.9 cm³/mol. The lowest BCUT2D eigenvalue weighted by Gasteiger charge is -2.42. The van der Waals surface area contributed by atoms with E-state index in [1.54, 1.807) is 5.56 Å². The minimum atomic E-state index is 0.588. The first-order chi connectivity index (χ1) is 10.1. The molecule has 2 nitrogen and oxygen atoms in total. The van der Waals surface area contributed by atoms with Crippen molar-refractivity contribution in [3.05, 3.63) is 34.4 Å². The molecule has 1 saturated heterocycles. The lowest BCUT2D eigenvalue weighted by Crippen LogP contribution is -2.42. The Labute approximate surface area is 130 Å². The summed E-state index contributed by atoms with van der Waals surface area (Å²) in [6, 6.07) is 5.41. The fourth-order valence-electron chi connectivity index (χ4n) is 3.92. The van der Waals surface area contributed by atoms with Crippen molar-refractivity contribution in [2.24, 2.45) is 5.92 Å². The van der Waals surface area contributed by atoms with E-state index in [9.17, 15) is 0 Å². The molecule has 0 bridgehead atoms. The summed E-state index contributed by atoms with van der Waals surface area (Å²) in [6.45, 7) is 12.7. The highest BCUT2D eigenvalue weighted by Gasteiger charge is 2.32. The maximum atomic E-state index is 3.42. The number of benzene rings is 1. The molecule has 118 valence electrons. The van der Waals surface area contributed by atoms with Crippen molar-refractivity contribution in [2.45, 2.75) is 53.0 Å². The Hall–Kier alpha value is -0.860. The molecule has 2 heteroatoms. The Morgan fingerprint density at radius 3 is 2.52 bits per heavy atom. The minimum absolute atomic E-state index is 0.588. The van der Waals surface area contributed by atoms with Crippen LogP contribution in [-0.2, 0) is 0 Å². The lowest BCUT2D eigenvalue weighted by molar-refractivity contribution is 0.0919. The van der Waals surface area contributed by atoms with Gasteiger partial charge >= 0.3 is 0 Å². The van der Waals surface area contributed by atoms with E-state index in [1.165, 1.54) is 49.0 Å². The highest BCUT2D eigenvalue weighted by Crippen LogP contribution is 2.38. The molecule has 21 heavy (non-hydrogen) atoms. The number of hydrogen-bond donors (Lipinski definition) is 1. The zero-order chi connectivity index (χ0) is 15.4. The molecular weight excluding hydrogens is 256 g/mol. The van der Waals surface area contributed by atoms with E-state index in [0.717, 1.165) is 12.5 Å². The zero-order valence-electron chi connectivity index (χ0n) is 14.5. The molecule has 1 fully saturated rings. The van der Waals surface area contributed by atoms with E-state index in [1.807, 2.05) is 0 Å². The molecule has 2 rings (SSSR count). The summed E-state index contributed by atoms with van der Waals surface area (Å²) in [5.41, 5.74) is 5.87. The van der Waals surface area contributed by atoms with Crippen LogP contribution in [0.25, 0.3) is 0 Å². The van der Waals surface area contributed by atoms with Crippen LogP contribution >= 0.6 is 0 Å². The highest BCUT2D eigenvalue weighted by atomic mass is 15.2. The van der Waals surface area contributed by atoms with E-state index < -0.39 is 0 Å². The Kier molecular flexibility index (Phi) is 5.83. The molecule has 1 aliphatic heterocycles. The van der Waals surface area contributed by atoms with Gasteiger partial charge in [-0.2, -0.15) is 0 Å². The molecule has 1 N–H and O–H groups in total. The molecule has 0 aromatic heterocycles. The van der Waals surface area contributed by atoms with Crippen LogP contribution < -0.4 is 5.32 Å². The minimum Gasteiger partial charge on any atom is -0.319 e. The van der Waals surface area contributed by atoms with Crippen molar-refractivity contribution >= 4 is 0 Å². The van der Waals surface area contributed by atoms with Crippen molar-refractivity contribution < 1.29 is 0 Å². The molecule has 0 radical (unpaired) electrons. The van der Waals surface area contributed by atoms with Crippen molar-refractivity contribution in [2.75, 3.05) is 26.7 Å². The van der Waals surface area contributed by atoms with Crippen LogP contribution in [-0.4, -0.2) is 31.6 Å². The van der Waals surface area contributed by atoms with Crippen LogP contribution in [0.4, 0.5) is 0 Å². The molecule has 0 aliphatic carbocycles. The summed E-state index contributed by atoms with van der Waals surface area (Å²) in [6.07, 6.45) is 3.93. The second kappa shape index (κ2) is 7.42. The molecule has 1 aromatic rings. The number of likely N-dealkylation sites (tertiary alicyclic amines) is 1. The van der Waals surface area contributed by atoms with Crippen molar-refractivity contribution in [1.29, 1.82) is 0 Å². The summed E-state index contributed by atoms with van der Waals surface area (Å²) in [5, 5.41) is 3.42. The molecule has 2 unspecified atom stereocenters. The monoisotopic (exact) mass is 288 g/mol. The molecule has 1 heterocycles. The fourth-order valence-corrected chi connectivity index (χ4v) is 3.92. The largest absolute Gasteiger partial charge is 0.319 e. The summed E-state index contributed by atoms with van der Waals surface area (Å²) in [5.74, 6) is 0.733. The Morgan fingerprint density at radius 2 is 1.86 bits per heavy atom. The Balaban J connectivity index is 2.39. The number of aryl methyl sites for hydroxylation is 3. The second-order valence-corrected chi connectivity index (χ2v) is 6.73. The van der Waals surface area contributed by atoms with Crippen LogP contribution in [0.5, 0.6) is 0 Å². The molecule has 1 aromatic carbocycles. The van der Waals surface area contributed by atoms with Gasteiger partial charge in [-0.3, -0.25) is 4.90 Å². The first kappa shape index (κ1) is 16.5. The summed E-state index contributed by atoms with van der Waals surface area (Å²) >= 11 is 0. The summed E-state index contributed by atoms with van der Waals surface area (Å²) in [4.78, 5) is 2.72. The SMILES string of the molecule is CCCN1CCCC(CNC)C1c1cc(C)c(C)cc1C. The van der Waals surface area contributed by atoms with Gasteiger partial charge in [-0.15, -0.1) is 0 Å². The van der Waals surface area contributed by atoms with Gasteiger partial charge in [0.15, 0.2) is 0 Å². The van der Waals surface area contributed by atoms with E-state index in [4.69, 9.17) is 0 Å². The van der Waals surface area contributed by atoms with E-state index in [0.29, 0.717) is 6.04 Å². The first-order valence-corrected chi connectivity index (χ1v) is 8.54. The predicted octanol–water partition coefficient (Wildman–Crippen LogP) is 3.99. The van der Waals surface area contributed by atoms with Gasteiger partial charge in [-0.1, -0.05) is 19.1 Å². The fraction of sp³-hybridized carbons (Fsp3) is 0.684. The van der Waals surface area contributed by atoms with E-state index >= 15 is 0 Å². The third kappa shape index (κ3) is 3.67. The maximum Gasteiger partial charge on any atom is 0.0391 e. The third-order valence-corrected chi connectivity index (χ3v) is 5.04. The van der Waals surface area contributed by atoms with Crippen molar-refractivity contribution in [3.63, 3.8) is 0 Å². The third-order valence-electron chi connectivity index (χ3n) is 5.04. The van der Waals surface area contributed by atoms with Crippen molar-refractivity contribution in [1.82, 2.24) is 10.2 Å². The number of nitrogens with zero attached hydrogens (tertiary/aromatic N) is 1. The van der Waals surface area contributed by atoms with Gasteiger partial charge < -0.3 is 5.32 Å². The molecule has 2 atom stereocenters. The van der Waals surface area contributed by atoms with Crippen molar-refractivity contribution in [3.8, 4) is 0 Å².